The van der Waals surface area contributed by atoms with Gasteiger partial charge in [-0.15, -0.1) is 0 Å². The lowest BCUT2D eigenvalue weighted by Crippen LogP contribution is -2.17. The van der Waals surface area contributed by atoms with Crippen LogP contribution < -0.4 is 0 Å². The number of ether oxygens (including phenoxy) is 1. The monoisotopic (exact) mass is 168 g/mol. The minimum Gasteiger partial charge on any atom is -0.396 e. The van der Waals surface area contributed by atoms with Gasteiger partial charge < -0.3 is 9.84 Å². The molecule has 1 saturated heterocycles. The van der Waals surface area contributed by atoms with Gasteiger partial charge in [-0.25, -0.2) is 0 Å². The Hall–Kier alpha value is -0.0800. The zero-order valence-corrected chi connectivity index (χ0v) is 7.28. The van der Waals surface area contributed by atoms with Crippen molar-refractivity contribution in [3.63, 3.8) is 0 Å². The molecule has 1 aliphatic heterocycles. The first kappa shape index (κ1) is 7.34. The Morgan fingerprint density at radius 2 is 2.25 bits per heavy atom. The van der Waals surface area contributed by atoms with Gasteiger partial charge in [0, 0.05) is 6.61 Å². The fourth-order valence-corrected chi connectivity index (χ4v) is 3.77. The van der Waals surface area contributed by atoms with Gasteiger partial charge in [-0.05, 0) is 42.9 Å². The highest BCUT2D eigenvalue weighted by Gasteiger charge is 2.53. The van der Waals surface area contributed by atoms with Crippen LogP contribution in [0, 0.1) is 23.7 Å². The van der Waals surface area contributed by atoms with Gasteiger partial charge in [0.2, 0.25) is 0 Å². The van der Waals surface area contributed by atoms with Crippen LogP contribution in [0.15, 0.2) is 0 Å². The molecule has 12 heavy (non-hydrogen) atoms. The van der Waals surface area contributed by atoms with Crippen LogP contribution in [-0.4, -0.2) is 24.4 Å². The van der Waals surface area contributed by atoms with E-state index in [0.29, 0.717) is 18.6 Å². The lowest BCUT2D eigenvalue weighted by Gasteiger charge is -2.15. The summed E-state index contributed by atoms with van der Waals surface area (Å²) in [6.45, 7) is 1.38. The van der Waals surface area contributed by atoms with Gasteiger partial charge in [0.25, 0.3) is 0 Å². The summed E-state index contributed by atoms with van der Waals surface area (Å²) in [5.74, 6) is 3.02. The maximum absolute atomic E-state index is 9.20. The van der Waals surface area contributed by atoms with Crippen molar-refractivity contribution in [1.29, 1.82) is 0 Å². The molecule has 1 heterocycles. The molecule has 0 amide bonds. The lowest BCUT2D eigenvalue weighted by atomic mass is 9.91. The predicted octanol–water partition coefficient (Wildman–Crippen LogP) is 1.04. The van der Waals surface area contributed by atoms with E-state index in [1.807, 2.05) is 0 Å². The fraction of sp³-hybridized carbons (Fsp3) is 1.00. The van der Waals surface area contributed by atoms with Gasteiger partial charge in [0.1, 0.15) is 0 Å². The minimum atomic E-state index is 0.407. The van der Waals surface area contributed by atoms with Crippen LogP contribution in [0.4, 0.5) is 0 Å². The van der Waals surface area contributed by atoms with Gasteiger partial charge in [-0.3, -0.25) is 0 Å². The lowest BCUT2D eigenvalue weighted by molar-refractivity contribution is 0.0875. The predicted molar refractivity (Wildman–Crippen MR) is 44.6 cm³/mol. The summed E-state index contributed by atoms with van der Waals surface area (Å²) in [4.78, 5) is 0. The molecule has 2 heteroatoms. The maximum atomic E-state index is 9.20. The highest BCUT2D eigenvalue weighted by molar-refractivity contribution is 5.02. The molecule has 0 bridgehead atoms. The third kappa shape index (κ3) is 0.775. The third-order valence-electron chi connectivity index (χ3n) is 4.22. The Morgan fingerprint density at radius 1 is 1.33 bits per heavy atom. The van der Waals surface area contributed by atoms with E-state index in [1.54, 1.807) is 0 Å². The van der Waals surface area contributed by atoms with Gasteiger partial charge in [-0.2, -0.15) is 0 Å². The van der Waals surface area contributed by atoms with Crippen molar-refractivity contribution in [2.75, 3.05) is 13.2 Å². The highest BCUT2D eigenvalue weighted by Crippen LogP contribution is 2.55. The van der Waals surface area contributed by atoms with Gasteiger partial charge >= 0.3 is 0 Å². The molecule has 3 aliphatic rings. The first-order valence-electron chi connectivity index (χ1n) is 5.12. The first-order chi connectivity index (χ1) is 5.90. The van der Waals surface area contributed by atoms with Crippen LogP contribution >= 0.6 is 0 Å². The largest absolute Gasteiger partial charge is 0.396 e. The molecule has 68 valence electrons. The van der Waals surface area contributed by atoms with Crippen LogP contribution in [0.2, 0.25) is 0 Å². The van der Waals surface area contributed by atoms with Crippen molar-refractivity contribution in [2.45, 2.75) is 25.4 Å². The number of hydrogen-bond acceptors (Lipinski definition) is 2. The molecule has 3 fully saturated rings. The summed E-state index contributed by atoms with van der Waals surface area (Å²) in [6, 6.07) is 0. The van der Waals surface area contributed by atoms with E-state index in [9.17, 15) is 5.11 Å². The van der Waals surface area contributed by atoms with E-state index < -0.39 is 0 Å². The summed E-state index contributed by atoms with van der Waals surface area (Å²) in [5.41, 5.74) is 0. The molecular weight excluding hydrogens is 152 g/mol. The Kier molecular flexibility index (Phi) is 1.50. The molecule has 2 nitrogen and oxygen atoms in total. The summed E-state index contributed by atoms with van der Waals surface area (Å²) in [6.07, 6.45) is 4.35. The van der Waals surface area contributed by atoms with Crippen LogP contribution in [0.3, 0.4) is 0 Å². The molecule has 5 atom stereocenters. The molecule has 0 aromatic heterocycles. The van der Waals surface area contributed by atoms with Gasteiger partial charge in [-0.1, -0.05) is 0 Å². The van der Waals surface area contributed by atoms with E-state index in [0.717, 1.165) is 24.4 Å². The zero-order chi connectivity index (χ0) is 8.13. The standard InChI is InChI=1S/C10H16O2/c11-4-6-3-7-5-12-9-2-1-8(6)10(7)9/h6-11H,1-5H2/t6-,7+,8+,9+,10-/m1/s1. The fourth-order valence-electron chi connectivity index (χ4n) is 3.77. The molecule has 0 aromatic rings. The molecule has 0 radical (unpaired) electrons. The molecule has 0 aromatic carbocycles. The summed E-state index contributed by atoms with van der Waals surface area (Å²) >= 11 is 0. The quantitative estimate of drug-likeness (QED) is 0.634. The molecule has 0 unspecified atom stereocenters. The van der Waals surface area contributed by atoms with Crippen molar-refractivity contribution in [3.8, 4) is 0 Å². The van der Waals surface area contributed by atoms with Crippen LogP contribution in [0.1, 0.15) is 19.3 Å². The number of hydrogen-bond donors (Lipinski definition) is 1. The van der Waals surface area contributed by atoms with Crippen LogP contribution in [-0.2, 0) is 4.74 Å². The molecular formula is C10H16O2. The topological polar surface area (TPSA) is 29.5 Å². The number of aliphatic hydroxyl groups excluding tert-OH is 1. The Bertz CT molecular complexity index is 192. The van der Waals surface area contributed by atoms with E-state index in [1.165, 1.54) is 19.3 Å². The molecule has 3 rings (SSSR count). The maximum Gasteiger partial charge on any atom is 0.0609 e. The van der Waals surface area contributed by atoms with Crippen molar-refractivity contribution in [1.82, 2.24) is 0 Å². The molecule has 2 aliphatic carbocycles. The van der Waals surface area contributed by atoms with E-state index >= 15 is 0 Å². The highest BCUT2D eigenvalue weighted by atomic mass is 16.5. The Balaban J connectivity index is 1.86. The van der Waals surface area contributed by atoms with E-state index in [-0.39, 0.29) is 0 Å². The molecule has 1 N–H and O–H groups in total. The molecule has 2 saturated carbocycles. The van der Waals surface area contributed by atoms with Crippen molar-refractivity contribution in [2.24, 2.45) is 23.7 Å². The number of aliphatic hydroxyl groups is 1. The SMILES string of the molecule is OC[C@H]1C[C@H]2CO[C@H]3CC[C@@H]1[C@@H]23. The number of rotatable bonds is 1. The average Bonchev–Trinajstić information content (AvgIpc) is 2.72. The Morgan fingerprint density at radius 3 is 3.08 bits per heavy atom. The van der Waals surface area contributed by atoms with Crippen molar-refractivity contribution >= 4 is 0 Å². The van der Waals surface area contributed by atoms with Crippen LogP contribution in [0.5, 0.6) is 0 Å². The van der Waals surface area contributed by atoms with Crippen molar-refractivity contribution in [3.05, 3.63) is 0 Å². The normalized spacial score (nSPS) is 56.2. The summed E-state index contributed by atoms with van der Waals surface area (Å²) in [5, 5.41) is 9.20. The third-order valence-corrected chi connectivity index (χ3v) is 4.22. The van der Waals surface area contributed by atoms with Gasteiger partial charge in [0.05, 0.1) is 12.7 Å². The average molecular weight is 168 g/mol. The second-order valence-corrected chi connectivity index (χ2v) is 4.63. The minimum absolute atomic E-state index is 0.407. The van der Waals surface area contributed by atoms with Gasteiger partial charge in [0.15, 0.2) is 0 Å². The Labute approximate surface area is 72.9 Å². The smallest absolute Gasteiger partial charge is 0.0609 e. The van der Waals surface area contributed by atoms with E-state index in [4.69, 9.17) is 4.74 Å². The van der Waals surface area contributed by atoms with Crippen LogP contribution in [0.25, 0.3) is 0 Å². The zero-order valence-electron chi connectivity index (χ0n) is 7.28. The summed E-state index contributed by atoms with van der Waals surface area (Å²) in [7, 11) is 0. The van der Waals surface area contributed by atoms with Crippen molar-refractivity contribution < 1.29 is 9.84 Å². The second kappa shape index (κ2) is 2.46. The summed E-state index contributed by atoms with van der Waals surface area (Å²) < 4.78 is 5.72. The van der Waals surface area contributed by atoms with E-state index in [2.05, 4.69) is 0 Å². The second-order valence-electron chi connectivity index (χ2n) is 4.63. The first-order valence-corrected chi connectivity index (χ1v) is 5.12. The molecule has 0 spiro atoms.